The van der Waals surface area contributed by atoms with Gasteiger partial charge in [-0.3, -0.25) is 9.59 Å². The van der Waals surface area contributed by atoms with E-state index in [1.807, 2.05) is 19.0 Å². The fourth-order valence-corrected chi connectivity index (χ4v) is 1.22. The summed E-state index contributed by atoms with van der Waals surface area (Å²) in [6, 6.07) is -0.783. The van der Waals surface area contributed by atoms with Gasteiger partial charge in [0.1, 0.15) is 18.2 Å². The molecule has 0 saturated heterocycles. The minimum absolute atomic E-state index is 0.112. The smallest absolute Gasteiger partial charge is 0.322 e. The highest BCUT2D eigenvalue weighted by Crippen LogP contribution is 2.09. The van der Waals surface area contributed by atoms with Crippen LogP contribution in [0.3, 0.4) is 0 Å². The molecule has 0 spiro atoms. The van der Waals surface area contributed by atoms with Crippen LogP contribution < -0.4 is 5.73 Å². The van der Waals surface area contributed by atoms with Crippen LogP contribution >= 0.6 is 0 Å². The lowest BCUT2D eigenvalue weighted by Crippen LogP contribution is -2.35. The van der Waals surface area contributed by atoms with Crippen molar-refractivity contribution in [1.82, 2.24) is 4.90 Å². The number of hydrogen-bond donors (Lipinski definition) is 1. The number of carbonyl (C=O) groups excluding carboxylic acids is 2. The zero-order valence-corrected chi connectivity index (χ0v) is 12.6. The van der Waals surface area contributed by atoms with E-state index in [4.69, 9.17) is 15.2 Å². The molecule has 0 rings (SSSR count). The maximum absolute atomic E-state index is 11.5. The number of nitrogens with zero attached hydrogens (tertiary/aromatic N) is 1. The number of likely N-dealkylation sites (N-methyl/N-ethyl adjacent to an activating group) is 1. The standard InChI is InChI=1S/C13H26N2O4/c1-13(2,3)19-11(16)7-6-10(14)12(17)18-9-8-15(4)5/h10H,6-9,14H2,1-5H3. The van der Waals surface area contributed by atoms with Crippen LogP contribution in [-0.4, -0.2) is 55.7 Å². The van der Waals surface area contributed by atoms with Gasteiger partial charge >= 0.3 is 11.9 Å². The van der Waals surface area contributed by atoms with Gasteiger partial charge in [-0.05, 0) is 41.3 Å². The van der Waals surface area contributed by atoms with Crippen molar-refractivity contribution >= 4 is 11.9 Å². The molecule has 0 heterocycles. The quantitative estimate of drug-likeness (QED) is 0.682. The van der Waals surface area contributed by atoms with Crippen LogP contribution in [0, 0.1) is 0 Å². The second-order valence-electron chi connectivity index (χ2n) is 5.70. The second kappa shape index (κ2) is 8.12. The summed E-state index contributed by atoms with van der Waals surface area (Å²) >= 11 is 0. The molecule has 1 unspecified atom stereocenters. The molecule has 2 N–H and O–H groups in total. The minimum Gasteiger partial charge on any atom is -0.463 e. The monoisotopic (exact) mass is 274 g/mol. The van der Waals surface area contributed by atoms with Gasteiger partial charge in [-0.15, -0.1) is 0 Å². The lowest BCUT2D eigenvalue weighted by molar-refractivity contribution is -0.155. The highest BCUT2D eigenvalue weighted by molar-refractivity contribution is 5.77. The first-order valence-electron chi connectivity index (χ1n) is 6.40. The number of carbonyl (C=O) groups is 2. The molecule has 19 heavy (non-hydrogen) atoms. The summed E-state index contributed by atoms with van der Waals surface area (Å²) in [7, 11) is 3.77. The third-order valence-electron chi connectivity index (χ3n) is 2.17. The van der Waals surface area contributed by atoms with E-state index < -0.39 is 17.6 Å². The van der Waals surface area contributed by atoms with Crippen LogP contribution in [-0.2, 0) is 19.1 Å². The molecule has 1 atom stereocenters. The first kappa shape index (κ1) is 17.9. The van der Waals surface area contributed by atoms with Crippen molar-refractivity contribution in [3.63, 3.8) is 0 Å². The average molecular weight is 274 g/mol. The Kier molecular flexibility index (Phi) is 7.63. The van der Waals surface area contributed by atoms with E-state index >= 15 is 0 Å². The maximum Gasteiger partial charge on any atom is 0.322 e. The Morgan fingerprint density at radius 2 is 1.84 bits per heavy atom. The van der Waals surface area contributed by atoms with Gasteiger partial charge in [0.25, 0.3) is 0 Å². The lowest BCUT2D eigenvalue weighted by Gasteiger charge is -2.20. The third kappa shape index (κ3) is 10.5. The molecule has 0 aliphatic carbocycles. The van der Waals surface area contributed by atoms with Crippen LogP contribution in [0.4, 0.5) is 0 Å². The average Bonchev–Trinajstić information content (AvgIpc) is 2.22. The number of esters is 2. The van der Waals surface area contributed by atoms with Gasteiger partial charge in [-0.25, -0.2) is 0 Å². The molecule has 0 radical (unpaired) electrons. The molecule has 0 aromatic heterocycles. The summed E-state index contributed by atoms with van der Waals surface area (Å²) in [4.78, 5) is 24.9. The number of nitrogens with two attached hydrogens (primary N) is 1. The van der Waals surface area contributed by atoms with Crippen molar-refractivity contribution in [2.75, 3.05) is 27.2 Å². The van der Waals surface area contributed by atoms with E-state index in [-0.39, 0.29) is 18.8 Å². The van der Waals surface area contributed by atoms with Gasteiger partial charge in [0.2, 0.25) is 0 Å². The summed E-state index contributed by atoms with van der Waals surface area (Å²) in [6.07, 6.45) is 0.344. The van der Waals surface area contributed by atoms with Crippen molar-refractivity contribution in [3.05, 3.63) is 0 Å². The van der Waals surface area contributed by atoms with E-state index in [0.717, 1.165) is 0 Å². The second-order valence-corrected chi connectivity index (χ2v) is 5.70. The van der Waals surface area contributed by atoms with E-state index in [2.05, 4.69) is 0 Å². The third-order valence-corrected chi connectivity index (χ3v) is 2.17. The van der Waals surface area contributed by atoms with Gasteiger partial charge in [-0.2, -0.15) is 0 Å². The van der Waals surface area contributed by atoms with Crippen molar-refractivity contribution in [2.45, 2.75) is 45.3 Å². The Morgan fingerprint density at radius 3 is 2.32 bits per heavy atom. The fraction of sp³-hybridized carbons (Fsp3) is 0.846. The Morgan fingerprint density at radius 1 is 1.26 bits per heavy atom. The molecule has 112 valence electrons. The van der Waals surface area contributed by atoms with Crippen molar-refractivity contribution < 1.29 is 19.1 Å². The lowest BCUT2D eigenvalue weighted by atomic mass is 10.1. The molecular formula is C13H26N2O4. The Hall–Kier alpha value is -1.14. The molecule has 0 aromatic rings. The van der Waals surface area contributed by atoms with Gasteiger partial charge in [0.15, 0.2) is 0 Å². The van der Waals surface area contributed by atoms with Gasteiger partial charge in [0, 0.05) is 13.0 Å². The SMILES string of the molecule is CN(C)CCOC(=O)C(N)CCC(=O)OC(C)(C)C. The first-order chi connectivity index (χ1) is 8.61. The van der Waals surface area contributed by atoms with Gasteiger partial charge in [0.05, 0.1) is 0 Å². The highest BCUT2D eigenvalue weighted by Gasteiger charge is 2.20. The molecule has 0 aliphatic heterocycles. The predicted molar refractivity (Wildman–Crippen MR) is 72.6 cm³/mol. The van der Waals surface area contributed by atoms with Crippen molar-refractivity contribution in [2.24, 2.45) is 5.73 Å². The van der Waals surface area contributed by atoms with Crippen LogP contribution in [0.1, 0.15) is 33.6 Å². The minimum atomic E-state index is -0.783. The number of ether oxygens (including phenoxy) is 2. The zero-order chi connectivity index (χ0) is 15.1. The topological polar surface area (TPSA) is 81.9 Å². The molecule has 0 aromatic carbocycles. The van der Waals surface area contributed by atoms with Crippen molar-refractivity contribution in [1.29, 1.82) is 0 Å². The van der Waals surface area contributed by atoms with Crippen molar-refractivity contribution in [3.8, 4) is 0 Å². The molecule has 0 fully saturated rings. The summed E-state index contributed by atoms with van der Waals surface area (Å²) < 4.78 is 10.1. The normalized spacial score (nSPS) is 13.2. The molecule has 0 aliphatic rings. The first-order valence-corrected chi connectivity index (χ1v) is 6.40. The molecular weight excluding hydrogens is 248 g/mol. The van der Waals surface area contributed by atoms with Gasteiger partial charge < -0.3 is 20.1 Å². The molecule has 0 amide bonds. The molecule has 0 saturated carbocycles. The predicted octanol–water partition coefficient (Wildman–Crippen LogP) is 0.540. The van der Waals surface area contributed by atoms with Crippen LogP contribution in [0.5, 0.6) is 0 Å². The zero-order valence-electron chi connectivity index (χ0n) is 12.6. The molecule has 6 heteroatoms. The highest BCUT2D eigenvalue weighted by atomic mass is 16.6. The van der Waals surface area contributed by atoms with Crippen LogP contribution in [0.25, 0.3) is 0 Å². The molecule has 0 bridgehead atoms. The number of hydrogen-bond acceptors (Lipinski definition) is 6. The summed E-state index contributed by atoms with van der Waals surface area (Å²) in [5.41, 5.74) is 5.13. The summed E-state index contributed by atoms with van der Waals surface area (Å²) in [5.74, 6) is -0.838. The van der Waals surface area contributed by atoms with Crippen LogP contribution in [0.15, 0.2) is 0 Å². The largest absolute Gasteiger partial charge is 0.463 e. The summed E-state index contributed by atoms with van der Waals surface area (Å²) in [5, 5.41) is 0. The van der Waals surface area contributed by atoms with E-state index in [9.17, 15) is 9.59 Å². The Labute approximate surface area is 115 Å². The fourth-order valence-electron chi connectivity index (χ4n) is 1.22. The van der Waals surface area contributed by atoms with E-state index in [1.54, 1.807) is 20.8 Å². The molecule has 6 nitrogen and oxygen atoms in total. The van der Waals surface area contributed by atoms with E-state index in [1.165, 1.54) is 0 Å². The Bertz CT molecular complexity index is 298. The maximum atomic E-state index is 11.5. The van der Waals surface area contributed by atoms with Crippen LogP contribution in [0.2, 0.25) is 0 Å². The number of rotatable bonds is 7. The Balaban J connectivity index is 3.87. The summed E-state index contributed by atoms with van der Waals surface area (Å²) in [6.45, 7) is 6.32. The van der Waals surface area contributed by atoms with E-state index in [0.29, 0.717) is 13.2 Å². The van der Waals surface area contributed by atoms with Gasteiger partial charge in [-0.1, -0.05) is 0 Å².